The quantitative estimate of drug-likeness (QED) is 0.577. The fourth-order valence-corrected chi connectivity index (χ4v) is 1.26. The average Bonchev–Trinajstić information content (AvgIpc) is 1.96. The highest BCUT2D eigenvalue weighted by atomic mass is 35.7. The monoisotopic (exact) mass is 272 g/mol. The van der Waals surface area contributed by atoms with E-state index in [0.29, 0.717) is 0 Å². The first kappa shape index (κ1) is 15.7. The van der Waals surface area contributed by atoms with Gasteiger partial charge in [0.15, 0.2) is 0 Å². The molecule has 0 aromatic carbocycles. The van der Waals surface area contributed by atoms with Crippen LogP contribution in [0.1, 0.15) is 34.6 Å². The Balaban J connectivity index is 4.50. The van der Waals surface area contributed by atoms with E-state index in [4.69, 9.17) is 15.4 Å². The van der Waals surface area contributed by atoms with Gasteiger partial charge in [0.25, 0.3) is 0 Å². The first-order valence-corrected chi connectivity index (χ1v) is 6.89. The molecule has 0 atom stereocenters. The Morgan fingerprint density at radius 1 is 1.19 bits per heavy atom. The lowest BCUT2D eigenvalue weighted by Gasteiger charge is -2.27. The molecule has 0 aliphatic rings. The van der Waals surface area contributed by atoms with Gasteiger partial charge in [-0.25, -0.2) is 0 Å². The van der Waals surface area contributed by atoms with E-state index in [0.717, 1.165) is 0 Å². The minimum atomic E-state index is -4.07. The number of carbonyl (C=O) groups is 1. The van der Waals surface area contributed by atoms with E-state index in [-0.39, 0.29) is 6.61 Å². The second-order valence-electron chi connectivity index (χ2n) is 5.04. The predicted octanol–water partition coefficient (Wildman–Crippen LogP) is 1.85. The lowest BCUT2D eigenvalue weighted by molar-refractivity contribution is -0.167. The maximum Gasteiger partial charge on any atom is 0.355 e. The zero-order valence-corrected chi connectivity index (χ0v) is 11.6. The number of hydrogen-bond acceptors (Lipinski definition) is 5. The second kappa shape index (κ2) is 4.89. The SMILES string of the molecule is CC(C)(C)OC(=O)C(C)(C)COS(=O)(=O)Cl. The van der Waals surface area contributed by atoms with E-state index in [1.165, 1.54) is 13.8 Å². The molecule has 5 nitrogen and oxygen atoms in total. The Hall–Kier alpha value is -0.330. The molecule has 7 heteroatoms. The molecule has 0 fully saturated rings. The van der Waals surface area contributed by atoms with E-state index in [9.17, 15) is 13.2 Å². The smallest absolute Gasteiger partial charge is 0.355 e. The Kier molecular flexibility index (Phi) is 4.79. The Labute approximate surface area is 101 Å². The number of hydrogen-bond donors (Lipinski definition) is 0. The summed E-state index contributed by atoms with van der Waals surface area (Å²) < 4.78 is 30.6. The van der Waals surface area contributed by atoms with Crippen molar-refractivity contribution in [3.05, 3.63) is 0 Å². The van der Waals surface area contributed by atoms with Crippen LogP contribution in [0.15, 0.2) is 0 Å². The van der Waals surface area contributed by atoms with Crippen molar-refractivity contribution in [2.45, 2.75) is 40.2 Å². The largest absolute Gasteiger partial charge is 0.459 e. The molecule has 0 saturated heterocycles. The highest BCUT2D eigenvalue weighted by Crippen LogP contribution is 2.23. The molecule has 0 aliphatic heterocycles. The van der Waals surface area contributed by atoms with Crippen molar-refractivity contribution >= 4 is 26.0 Å². The second-order valence-corrected chi connectivity index (χ2v) is 7.20. The molecule has 0 unspecified atom stereocenters. The zero-order chi connectivity index (χ0) is 13.2. The molecule has 16 heavy (non-hydrogen) atoms. The first-order valence-electron chi connectivity index (χ1n) is 4.66. The molecular formula is C9H17ClO5S. The van der Waals surface area contributed by atoms with Crippen LogP contribution in [-0.2, 0) is 23.0 Å². The van der Waals surface area contributed by atoms with Gasteiger partial charge in [0.2, 0.25) is 0 Å². The normalized spacial score (nSPS) is 13.6. The van der Waals surface area contributed by atoms with Crippen LogP contribution in [0.2, 0.25) is 0 Å². The summed E-state index contributed by atoms with van der Waals surface area (Å²) in [6, 6.07) is 0. The van der Waals surface area contributed by atoms with Crippen LogP contribution in [0.25, 0.3) is 0 Å². The third kappa shape index (κ3) is 7.03. The Morgan fingerprint density at radius 3 is 1.94 bits per heavy atom. The van der Waals surface area contributed by atoms with Crippen molar-refractivity contribution in [1.82, 2.24) is 0 Å². The minimum absolute atomic E-state index is 0.353. The molecular weight excluding hydrogens is 256 g/mol. The van der Waals surface area contributed by atoms with E-state index in [1.807, 2.05) is 0 Å². The molecule has 0 aromatic heterocycles. The summed E-state index contributed by atoms with van der Waals surface area (Å²) in [6.45, 7) is 7.85. The standard InChI is InChI=1S/C9H17ClO5S/c1-8(2,3)15-7(11)9(4,5)6-14-16(10,12)13/h6H2,1-5H3. The van der Waals surface area contributed by atoms with Gasteiger partial charge in [-0.05, 0) is 34.6 Å². The van der Waals surface area contributed by atoms with Crippen LogP contribution < -0.4 is 0 Å². The summed E-state index contributed by atoms with van der Waals surface area (Å²) in [7, 11) is 0.805. The molecule has 96 valence electrons. The lowest BCUT2D eigenvalue weighted by Crippen LogP contribution is -2.37. The molecule has 0 saturated carbocycles. The number of esters is 1. The minimum Gasteiger partial charge on any atom is -0.459 e. The maximum absolute atomic E-state index is 11.7. The number of halogens is 1. The third-order valence-electron chi connectivity index (χ3n) is 1.51. The summed E-state index contributed by atoms with van der Waals surface area (Å²) in [5.41, 5.74) is -1.70. The summed E-state index contributed by atoms with van der Waals surface area (Å²) in [5.74, 6) is -0.541. The molecule has 0 amide bonds. The number of carbonyl (C=O) groups excluding carboxylic acids is 1. The average molecular weight is 273 g/mol. The van der Waals surface area contributed by atoms with Crippen molar-refractivity contribution in [1.29, 1.82) is 0 Å². The summed E-state index contributed by atoms with van der Waals surface area (Å²) >= 11 is 0. The van der Waals surface area contributed by atoms with Crippen LogP contribution in [0, 0.1) is 5.41 Å². The van der Waals surface area contributed by atoms with E-state index < -0.39 is 26.3 Å². The molecule has 0 radical (unpaired) electrons. The predicted molar refractivity (Wildman–Crippen MR) is 60.4 cm³/mol. The van der Waals surface area contributed by atoms with Gasteiger partial charge in [0.05, 0.1) is 12.0 Å². The van der Waals surface area contributed by atoms with Crippen molar-refractivity contribution in [2.24, 2.45) is 5.41 Å². The summed E-state index contributed by atoms with van der Waals surface area (Å²) in [4.78, 5) is 11.7. The Morgan fingerprint density at radius 2 is 1.62 bits per heavy atom. The van der Waals surface area contributed by atoms with Crippen molar-refractivity contribution in [2.75, 3.05) is 6.61 Å². The zero-order valence-electron chi connectivity index (χ0n) is 10.0. The molecule has 0 aliphatic carbocycles. The van der Waals surface area contributed by atoms with Crippen LogP contribution >= 0.6 is 10.7 Å². The molecule has 0 N–H and O–H groups in total. The van der Waals surface area contributed by atoms with E-state index in [1.54, 1.807) is 20.8 Å². The summed E-state index contributed by atoms with van der Waals surface area (Å²) in [5, 5.41) is 0. The van der Waals surface area contributed by atoms with Gasteiger partial charge in [0.1, 0.15) is 5.60 Å². The highest BCUT2D eigenvalue weighted by molar-refractivity contribution is 8.09. The first-order chi connectivity index (χ1) is 6.83. The van der Waals surface area contributed by atoms with Crippen molar-refractivity contribution < 1.29 is 22.1 Å². The summed E-state index contributed by atoms with van der Waals surface area (Å²) in [6.07, 6.45) is 0. The van der Waals surface area contributed by atoms with Gasteiger partial charge in [-0.2, -0.15) is 8.42 Å². The topological polar surface area (TPSA) is 69.7 Å². The Bertz CT molecular complexity index is 353. The van der Waals surface area contributed by atoms with Crippen LogP contribution in [0.4, 0.5) is 0 Å². The van der Waals surface area contributed by atoms with E-state index in [2.05, 4.69) is 4.18 Å². The van der Waals surface area contributed by atoms with Crippen LogP contribution in [-0.4, -0.2) is 26.6 Å². The van der Waals surface area contributed by atoms with Gasteiger partial charge in [0, 0.05) is 10.7 Å². The maximum atomic E-state index is 11.7. The lowest BCUT2D eigenvalue weighted by atomic mass is 9.95. The number of ether oxygens (including phenoxy) is 1. The molecule has 0 bridgehead atoms. The fraction of sp³-hybridized carbons (Fsp3) is 0.889. The molecule has 0 heterocycles. The van der Waals surface area contributed by atoms with Gasteiger partial charge in [-0.15, -0.1) is 0 Å². The van der Waals surface area contributed by atoms with E-state index >= 15 is 0 Å². The van der Waals surface area contributed by atoms with Crippen LogP contribution in [0.5, 0.6) is 0 Å². The highest BCUT2D eigenvalue weighted by Gasteiger charge is 2.34. The van der Waals surface area contributed by atoms with Gasteiger partial charge in [-0.3, -0.25) is 8.98 Å². The third-order valence-corrected chi connectivity index (χ3v) is 2.18. The fourth-order valence-electron chi connectivity index (χ4n) is 0.693. The molecule has 0 aromatic rings. The van der Waals surface area contributed by atoms with Gasteiger partial charge < -0.3 is 4.74 Å². The molecule has 0 spiro atoms. The van der Waals surface area contributed by atoms with Crippen molar-refractivity contribution in [3.63, 3.8) is 0 Å². The molecule has 0 rings (SSSR count). The van der Waals surface area contributed by atoms with Gasteiger partial charge >= 0.3 is 15.3 Å². The number of rotatable bonds is 4. The van der Waals surface area contributed by atoms with Gasteiger partial charge in [-0.1, -0.05) is 0 Å². The van der Waals surface area contributed by atoms with Crippen LogP contribution in [0.3, 0.4) is 0 Å². The van der Waals surface area contributed by atoms with Crippen molar-refractivity contribution in [3.8, 4) is 0 Å².